The van der Waals surface area contributed by atoms with Crippen molar-refractivity contribution in [2.24, 2.45) is 0 Å². The van der Waals surface area contributed by atoms with Gasteiger partial charge in [0.1, 0.15) is 11.6 Å². The van der Waals surface area contributed by atoms with Gasteiger partial charge in [-0.1, -0.05) is 29.8 Å². The third-order valence-corrected chi connectivity index (χ3v) is 2.97. The van der Waals surface area contributed by atoms with Crippen molar-refractivity contribution in [3.63, 3.8) is 0 Å². The van der Waals surface area contributed by atoms with Gasteiger partial charge in [-0.15, -0.1) is 0 Å². The van der Waals surface area contributed by atoms with E-state index in [1.54, 1.807) is 13.0 Å². The van der Waals surface area contributed by atoms with E-state index in [1.807, 2.05) is 13.1 Å². The lowest BCUT2D eigenvalue weighted by atomic mass is 10.1. The van der Waals surface area contributed by atoms with Gasteiger partial charge in [-0.2, -0.15) is 0 Å². The molecule has 0 aliphatic carbocycles. The van der Waals surface area contributed by atoms with E-state index in [9.17, 15) is 5.11 Å². The lowest BCUT2D eigenvalue weighted by Crippen LogP contribution is -2.17. The molecular formula is C15H18N2O. The molecule has 0 bridgehead atoms. The Morgan fingerprint density at radius 2 is 1.72 bits per heavy atom. The highest BCUT2D eigenvalue weighted by Crippen LogP contribution is 2.19. The first-order valence-electron chi connectivity index (χ1n) is 5.99. The zero-order valence-corrected chi connectivity index (χ0v) is 11.0. The molecule has 0 radical (unpaired) electrons. The van der Waals surface area contributed by atoms with Crippen LogP contribution in [0.4, 0.5) is 5.82 Å². The third kappa shape index (κ3) is 2.80. The summed E-state index contributed by atoms with van der Waals surface area (Å²) in [5.74, 6) is 1.10. The Hall–Kier alpha value is -2.03. The molecule has 0 spiro atoms. The average molecular weight is 242 g/mol. The van der Waals surface area contributed by atoms with Crippen LogP contribution in [0, 0.1) is 13.8 Å². The van der Waals surface area contributed by atoms with Gasteiger partial charge in [-0.05, 0) is 31.5 Å². The maximum absolute atomic E-state index is 9.46. The molecule has 0 fully saturated rings. The zero-order valence-electron chi connectivity index (χ0n) is 11.0. The van der Waals surface area contributed by atoms with E-state index in [-0.39, 0.29) is 5.75 Å². The van der Waals surface area contributed by atoms with Crippen molar-refractivity contribution in [1.29, 1.82) is 0 Å². The molecule has 2 rings (SSSR count). The van der Waals surface area contributed by atoms with E-state index in [4.69, 9.17) is 0 Å². The first kappa shape index (κ1) is 12.4. The normalized spacial score (nSPS) is 10.4. The molecule has 0 saturated heterocycles. The van der Waals surface area contributed by atoms with Crippen molar-refractivity contribution in [2.45, 2.75) is 20.4 Å². The summed E-state index contributed by atoms with van der Waals surface area (Å²) in [5, 5.41) is 9.46. The van der Waals surface area contributed by atoms with E-state index < -0.39 is 0 Å². The molecule has 1 heterocycles. The number of hydrogen-bond donors (Lipinski definition) is 1. The van der Waals surface area contributed by atoms with Crippen LogP contribution < -0.4 is 4.90 Å². The number of rotatable bonds is 3. The fourth-order valence-electron chi connectivity index (χ4n) is 1.80. The highest BCUT2D eigenvalue weighted by atomic mass is 16.3. The van der Waals surface area contributed by atoms with Gasteiger partial charge in [0, 0.05) is 13.6 Å². The SMILES string of the molecule is Cc1ccc(CN(C)c2ccc(O)c(C)n2)cc1. The predicted octanol–water partition coefficient (Wildman–Crippen LogP) is 3.04. The second-order valence-electron chi connectivity index (χ2n) is 4.62. The molecule has 1 N–H and O–H groups in total. The molecule has 18 heavy (non-hydrogen) atoms. The number of hydrogen-bond acceptors (Lipinski definition) is 3. The summed E-state index contributed by atoms with van der Waals surface area (Å²) in [6.07, 6.45) is 0. The number of aromatic nitrogens is 1. The largest absolute Gasteiger partial charge is 0.506 e. The number of pyridine rings is 1. The molecule has 1 aromatic carbocycles. The van der Waals surface area contributed by atoms with Crippen LogP contribution in [0.5, 0.6) is 5.75 Å². The highest BCUT2D eigenvalue weighted by Gasteiger charge is 2.05. The molecule has 3 nitrogen and oxygen atoms in total. The molecule has 0 aliphatic rings. The number of anilines is 1. The van der Waals surface area contributed by atoms with Gasteiger partial charge in [0.05, 0.1) is 5.69 Å². The maximum atomic E-state index is 9.46. The van der Waals surface area contributed by atoms with Gasteiger partial charge < -0.3 is 10.0 Å². The molecule has 1 aromatic heterocycles. The smallest absolute Gasteiger partial charge is 0.136 e. The Morgan fingerprint density at radius 3 is 2.33 bits per heavy atom. The lowest BCUT2D eigenvalue weighted by Gasteiger charge is -2.19. The summed E-state index contributed by atoms with van der Waals surface area (Å²) < 4.78 is 0. The van der Waals surface area contributed by atoms with Crippen LogP contribution >= 0.6 is 0 Å². The second kappa shape index (κ2) is 5.08. The van der Waals surface area contributed by atoms with Gasteiger partial charge in [-0.25, -0.2) is 4.98 Å². The van der Waals surface area contributed by atoms with Gasteiger partial charge in [0.2, 0.25) is 0 Å². The van der Waals surface area contributed by atoms with Gasteiger partial charge in [0.15, 0.2) is 0 Å². The Balaban J connectivity index is 2.13. The van der Waals surface area contributed by atoms with Crippen LogP contribution in [0.3, 0.4) is 0 Å². The van der Waals surface area contributed by atoms with Crippen molar-refractivity contribution >= 4 is 5.82 Å². The summed E-state index contributed by atoms with van der Waals surface area (Å²) in [6, 6.07) is 12.0. The molecule has 0 amide bonds. The molecule has 3 heteroatoms. The van der Waals surface area contributed by atoms with Crippen molar-refractivity contribution in [3.8, 4) is 5.75 Å². The van der Waals surface area contributed by atoms with Gasteiger partial charge in [-0.3, -0.25) is 0 Å². The van der Waals surface area contributed by atoms with Crippen LogP contribution in [0.2, 0.25) is 0 Å². The molecule has 0 unspecified atom stereocenters. The third-order valence-electron chi connectivity index (χ3n) is 2.97. The summed E-state index contributed by atoms with van der Waals surface area (Å²) in [6.45, 7) is 4.69. The average Bonchev–Trinajstić information content (AvgIpc) is 2.35. The van der Waals surface area contributed by atoms with E-state index in [0.29, 0.717) is 5.69 Å². The molecular weight excluding hydrogens is 224 g/mol. The van der Waals surface area contributed by atoms with E-state index >= 15 is 0 Å². The summed E-state index contributed by atoms with van der Waals surface area (Å²) >= 11 is 0. The Labute approximate surface area is 108 Å². The van der Waals surface area contributed by atoms with Crippen LogP contribution in [-0.4, -0.2) is 17.1 Å². The monoisotopic (exact) mass is 242 g/mol. The summed E-state index contributed by atoms with van der Waals surface area (Å²) in [7, 11) is 2.00. The fraction of sp³-hybridized carbons (Fsp3) is 0.267. The topological polar surface area (TPSA) is 36.4 Å². The summed E-state index contributed by atoms with van der Waals surface area (Å²) in [5.41, 5.74) is 3.17. The minimum absolute atomic E-state index is 0.238. The van der Waals surface area contributed by atoms with Crippen molar-refractivity contribution in [2.75, 3.05) is 11.9 Å². The lowest BCUT2D eigenvalue weighted by molar-refractivity contribution is 0.467. The molecule has 0 atom stereocenters. The van der Waals surface area contributed by atoms with E-state index in [0.717, 1.165) is 12.4 Å². The standard InChI is InChI=1S/C15H18N2O/c1-11-4-6-13(7-5-11)10-17(3)15-9-8-14(18)12(2)16-15/h4-9,18H,10H2,1-3H3. The van der Waals surface area contributed by atoms with E-state index in [2.05, 4.69) is 41.1 Å². The maximum Gasteiger partial charge on any atom is 0.136 e. The number of aryl methyl sites for hydroxylation is 2. The minimum atomic E-state index is 0.238. The molecule has 94 valence electrons. The van der Waals surface area contributed by atoms with Crippen LogP contribution in [0.1, 0.15) is 16.8 Å². The first-order valence-corrected chi connectivity index (χ1v) is 5.99. The van der Waals surface area contributed by atoms with Crippen LogP contribution in [0.15, 0.2) is 36.4 Å². The number of aromatic hydroxyl groups is 1. The van der Waals surface area contributed by atoms with Crippen LogP contribution in [0.25, 0.3) is 0 Å². The highest BCUT2D eigenvalue weighted by molar-refractivity contribution is 5.43. The van der Waals surface area contributed by atoms with Crippen molar-refractivity contribution in [1.82, 2.24) is 4.98 Å². The van der Waals surface area contributed by atoms with Crippen LogP contribution in [-0.2, 0) is 6.54 Å². The molecule has 2 aromatic rings. The summed E-state index contributed by atoms with van der Waals surface area (Å²) in [4.78, 5) is 6.43. The second-order valence-corrected chi connectivity index (χ2v) is 4.62. The Kier molecular flexibility index (Phi) is 3.51. The quantitative estimate of drug-likeness (QED) is 0.898. The minimum Gasteiger partial charge on any atom is -0.506 e. The predicted molar refractivity (Wildman–Crippen MR) is 73.9 cm³/mol. The van der Waals surface area contributed by atoms with Gasteiger partial charge >= 0.3 is 0 Å². The molecule has 0 aliphatic heterocycles. The zero-order chi connectivity index (χ0) is 13.1. The van der Waals surface area contributed by atoms with Crippen molar-refractivity contribution < 1.29 is 5.11 Å². The number of benzene rings is 1. The Bertz CT molecular complexity index is 535. The van der Waals surface area contributed by atoms with Crippen molar-refractivity contribution in [3.05, 3.63) is 53.2 Å². The van der Waals surface area contributed by atoms with E-state index in [1.165, 1.54) is 11.1 Å². The Morgan fingerprint density at radius 1 is 1.06 bits per heavy atom. The fourth-order valence-corrected chi connectivity index (χ4v) is 1.80. The molecule has 0 saturated carbocycles. The van der Waals surface area contributed by atoms with Gasteiger partial charge in [0.25, 0.3) is 0 Å². The number of nitrogens with zero attached hydrogens (tertiary/aromatic N) is 2. The first-order chi connectivity index (χ1) is 8.56.